The molecule has 0 saturated carbocycles. The smallest absolute Gasteiger partial charge is 0.328 e. The summed E-state index contributed by atoms with van der Waals surface area (Å²) < 4.78 is 10.5. The predicted molar refractivity (Wildman–Crippen MR) is 93.7 cm³/mol. The second-order valence-electron chi connectivity index (χ2n) is 5.85. The third-order valence-electron chi connectivity index (χ3n) is 4.14. The number of ether oxygens (including phenoxy) is 2. The minimum absolute atomic E-state index is 0.158. The number of carbonyl (C=O) groups excluding carboxylic acids is 2. The predicted octanol–water partition coefficient (Wildman–Crippen LogP) is 2.81. The zero-order valence-electron chi connectivity index (χ0n) is 14.2. The first-order valence-electron chi connectivity index (χ1n) is 8.11. The van der Waals surface area contributed by atoms with Gasteiger partial charge in [-0.3, -0.25) is 4.79 Å². The van der Waals surface area contributed by atoms with Crippen LogP contribution < -0.4 is 4.74 Å². The van der Waals surface area contributed by atoms with E-state index in [1.165, 1.54) is 7.11 Å². The Morgan fingerprint density at radius 1 is 1.32 bits per heavy atom. The Bertz CT molecular complexity index is 757. The number of likely N-dealkylation sites (tertiary alicyclic amines) is 1. The molecule has 1 saturated heterocycles. The van der Waals surface area contributed by atoms with E-state index in [1.807, 2.05) is 12.3 Å². The van der Waals surface area contributed by atoms with Crippen LogP contribution in [-0.4, -0.2) is 41.5 Å². The second kappa shape index (κ2) is 7.65. The van der Waals surface area contributed by atoms with Crippen molar-refractivity contribution in [2.45, 2.75) is 32.4 Å². The summed E-state index contributed by atoms with van der Waals surface area (Å²) in [6, 6.07) is 6.47. The number of aromatic nitrogens is 1. The van der Waals surface area contributed by atoms with E-state index < -0.39 is 6.04 Å². The van der Waals surface area contributed by atoms with Crippen molar-refractivity contribution in [2.75, 3.05) is 13.7 Å². The molecule has 0 spiro atoms. The van der Waals surface area contributed by atoms with Crippen LogP contribution in [0.1, 0.15) is 33.9 Å². The number of nitrogens with zero attached hydrogens (tertiary/aromatic N) is 2. The summed E-state index contributed by atoms with van der Waals surface area (Å²) in [5.41, 5.74) is 1.42. The van der Waals surface area contributed by atoms with Gasteiger partial charge in [-0.2, -0.15) is 0 Å². The number of amides is 1. The maximum atomic E-state index is 12.6. The molecular weight excluding hydrogens is 340 g/mol. The molecule has 2 aromatic rings. The lowest BCUT2D eigenvalue weighted by Crippen LogP contribution is -2.41. The molecule has 1 aliphatic heterocycles. The van der Waals surface area contributed by atoms with Gasteiger partial charge in [0.2, 0.25) is 0 Å². The van der Waals surface area contributed by atoms with Gasteiger partial charge in [0.05, 0.1) is 17.8 Å². The number of aryl methyl sites for hydroxylation is 1. The minimum atomic E-state index is -0.485. The molecule has 132 valence electrons. The summed E-state index contributed by atoms with van der Waals surface area (Å²) in [4.78, 5) is 30.4. The largest absolute Gasteiger partial charge is 0.487 e. The molecule has 1 amide bonds. The summed E-state index contributed by atoms with van der Waals surface area (Å²) in [5, 5.41) is 2.97. The molecule has 1 aromatic carbocycles. The van der Waals surface area contributed by atoms with Gasteiger partial charge in [0.15, 0.2) is 0 Å². The molecule has 0 aliphatic carbocycles. The van der Waals surface area contributed by atoms with Gasteiger partial charge >= 0.3 is 5.97 Å². The van der Waals surface area contributed by atoms with Crippen molar-refractivity contribution >= 4 is 23.2 Å². The van der Waals surface area contributed by atoms with E-state index in [0.29, 0.717) is 30.9 Å². The topological polar surface area (TPSA) is 68.7 Å². The fourth-order valence-electron chi connectivity index (χ4n) is 2.88. The molecule has 1 fully saturated rings. The van der Waals surface area contributed by atoms with Gasteiger partial charge in [0.1, 0.15) is 18.4 Å². The van der Waals surface area contributed by atoms with Crippen LogP contribution in [0.5, 0.6) is 5.75 Å². The van der Waals surface area contributed by atoms with Crippen LogP contribution in [0.3, 0.4) is 0 Å². The van der Waals surface area contributed by atoms with Crippen molar-refractivity contribution in [1.82, 2.24) is 9.88 Å². The van der Waals surface area contributed by atoms with Crippen LogP contribution in [0.25, 0.3) is 0 Å². The SMILES string of the molecule is COC(=O)[C@@H]1CCCN1C(=O)c1ccc(OCc2csc(C)n2)cc1. The number of esters is 1. The lowest BCUT2D eigenvalue weighted by molar-refractivity contribution is -0.145. The Balaban J connectivity index is 1.63. The first-order chi connectivity index (χ1) is 12.1. The van der Waals surface area contributed by atoms with E-state index in [-0.39, 0.29) is 11.9 Å². The van der Waals surface area contributed by atoms with Crippen LogP contribution in [-0.2, 0) is 16.1 Å². The molecule has 7 heteroatoms. The summed E-state index contributed by atoms with van der Waals surface area (Å²) in [7, 11) is 1.35. The van der Waals surface area contributed by atoms with E-state index in [9.17, 15) is 9.59 Å². The fraction of sp³-hybridized carbons (Fsp3) is 0.389. The first-order valence-corrected chi connectivity index (χ1v) is 8.99. The highest BCUT2D eigenvalue weighted by Crippen LogP contribution is 2.22. The van der Waals surface area contributed by atoms with Gasteiger partial charge in [0.25, 0.3) is 5.91 Å². The normalized spacial score (nSPS) is 16.7. The lowest BCUT2D eigenvalue weighted by atomic mass is 10.1. The molecule has 2 heterocycles. The Hall–Kier alpha value is -2.41. The van der Waals surface area contributed by atoms with Crippen LogP contribution in [0.15, 0.2) is 29.6 Å². The number of thiazole rings is 1. The standard InChI is InChI=1S/C18H20N2O4S/c1-12-19-14(11-25-12)10-24-15-7-5-13(6-8-15)17(21)20-9-3-4-16(20)18(22)23-2/h5-8,11,16H,3-4,9-10H2,1-2H3/t16-/m0/s1. The van der Waals surface area contributed by atoms with Gasteiger partial charge in [0, 0.05) is 17.5 Å². The summed E-state index contributed by atoms with van der Waals surface area (Å²) >= 11 is 1.59. The summed E-state index contributed by atoms with van der Waals surface area (Å²) in [6.07, 6.45) is 1.45. The van der Waals surface area contributed by atoms with Crippen molar-refractivity contribution < 1.29 is 19.1 Å². The second-order valence-corrected chi connectivity index (χ2v) is 6.91. The van der Waals surface area contributed by atoms with Crippen molar-refractivity contribution in [2.24, 2.45) is 0 Å². The van der Waals surface area contributed by atoms with Gasteiger partial charge in [-0.15, -0.1) is 11.3 Å². The number of rotatable bonds is 5. The average molecular weight is 360 g/mol. The zero-order valence-corrected chi connectivity index (χ0v) is 15.0. The number of hydrogen-bond donors (Lipinski definition) is 0. The van der Waals surface area contributed by atoms with Crippen LogP contribution >= 0.6 is 11.3 Å². The Kier molecular flexibility index (Phi) is 5.33. The lowest BCUT2D eigenvalue weighted by Gasteiger charge is -2.22. The molecule has 6 nitrogen and oxygen atoms in total. The molecular formula is C18H20N2O4S. The highest BCUT2D eigenvalue weighted by Gasteiger charge is 2.35. The fourth-order valence-corrected chi connectivity index (χ4v) is 3.48. The van der Waals surface area contributed by atoms with Gasteiger partial charge < -0.3 is 14.4 Å². The van der Waals surface area contributed by atoms with Gasteiger partial charge in [-0.1, -0.05) is 0 Å². The Morgan fingerprint density at radius 2 is 2.08 bits per heavy atom. The van der Waals surface area contributed by atoms with E-state index in [1.54, 1.807) is 40.5 Å². The highest BCUT2D eigenvalue weighted by molar-refractivity contribution is 7.09. The third kappa shape index (κ3) is 3.99. The minimum Gasteiger partial charge on any atom is -0.487 e. The number of carbonyl (C=O) groups is 2. The number of hydrogen-bond acceptors (Lipinski definition) is 6. The molecule has 1 aliphatic rings. The van der Waals surface area contributed by atoms with E-state index in [2.05, 4.69) is 4.98 Å². The van der Waals surface area contributed by atoms with Gasteiger partial charge in [-0.25, -0.2) is 9.78 Å². The number of benzene rings is 1. The average Bonchev–Trinajstić information content (AvgIpc) is 3.28. The molecule has 0 unspecified atom stereocenters. The molecule has 3 rings (SSSR count). The van der Waals surface area contributed by atoms with E-state index >= 15 is 0 Å². The van der Waals surface area contributed by atoms with Crippen molar-refractivity contribution in [3.63, 3.8) is 0 Å². The first kappa shape index (κ1) is 17.4. The molecule has 1 atom stereocenters. The highest BCUT2D eigenvalue weighted by atomic mass is 32.1. The monoisotopic (exact) mass is 360 g/mol. The summed E-state index contributed by atoms with van der Waals surface area (Å²) in [6.45, 7) is 2.92. The molecule has 0 bridgehead atoms. The Morgan fingerprint density at radius 3 is 2.72 bits per heavy atom. The van der Waals surface area contributed by atoms with Crippen molar-refractivity contribution in [1.29, 1.82) is 0 Å². The van der Waals surface area contributed by atoms with E-state index in [4.69, 9.17) is 9.47 Å². The van der Waals surface area contributed by atoms with Crippen LogP contribution in [0, 0.1) is 6.92 Å². The van der Waals surface area contributed by atoms with Crippen molar-refractivity contribution in [3.05, 3.63) is 45.9 Å². The van der Waals surface area contributed by atoms with Crippen LogP contribution in [0.2, 0.25) is 0 Å². The summed E-state index contributed by atoms with van der Waals surface area (Å²) in [5.74, 6) is 0.159. The van der Waals surface area contributed by atoms with Gasteiger partial charge in [-0.05, 0) is 44.0 Å². The molecule has 1 aromatic heterocycles. The molecule has 0 N–H and O–H groups in total. The Labute approximate surface area is 150 Å². The van der Waals surface area contributed by atoms with Crippen LogP contribution in [0.4, 0.5) is 0 Å². The maximum Gasteiger partial charge on any atom is 0.328 e. The van der Waals surface area contributed by atoms with Crippen molar-refractivity contribution in [3.8, 4) is 5.75 Å². The third-order valence-corrected chi connectivity index (χ3v) is 4.96. The quantitative estimate of drug-likeness (QED) is 0.767. The van der Waals surface area contributed by atoms with E-state index in [0.717, 1.165) is 17.1 Å². The number of methoxy groups -OCH3 is 1. The molecule has 0 radical (unpaired) electrons. The zero-order chi connectivity index (χ0) is 17.8. The molecule has 25 heavy (non-hydrogen) atoms. The maximum absolute atomic E-state index is 12.6.